The Balaban J connectivity index is 2.63. The monoisotopic (exact) mass is 196 g/mol. The molecular weight excluding hydrogens is 184 g/mol. The molecule has 0 saturated heterocycles. The molecule has 3 heteroatoms. The fourth-order valence-electron chi connectivity index (χ4n) is 1.08. The molecule has 0 radical (unpaired) electrons. The van der Waals surface area contributed by atoms with Crippen LogP contribution in [0.2, 0.25) is 5.02 Å². The first-order valence-electron chi connectivity index (χ1n) is 4.09. The summed E-state index contributed by atoms with van der Waals surface area (Å²) in [6, 6.07) is 7.81. The van der Waals surface area contributed by atoms with Gasteiger partial charge in [-0.2, -0.15) is 0 Å². The number of nitrogens with one attached hydrogen (secondary N) is 1. The standard InChI is InChI=1S/C10H13ClN2/c1-2-10(13-12)7-8-3-5-9(11)6-4-8/h2-6,10,13H,1,7,12H2. The minimum absolute atomic E-state index is 0.112. The smallest absolute Gasteiger partial charge is 0.0428 e. The predicted molar refractivity (Wildman–Crippen MR) is 56.5 cm³/mol. The minimum Gasteiger partial charge on any atom is -0.271 e. The summed E-state index contributed by atoms with van der Waals surface area (Å²) in [7, 11) is 0. The summed E-state index contributed by atoms with van der Waals surface area (Å²) in [6.07, 6.45) is 2.62. The van der Waals surface area contributed by atoms with Crippen LogP contribution < -0.4 is 11.3 Å². The molecule has 2 nitrogen and oxygen atoms in total. The van der Waals surface area contributed by atoms with Gasteiger partial charge in [0.1, 0.15) is 0 Å². The highest BCUT2D eigenvalue weighted by atomic mass is 35.5. The average Bonchev–Trinajstić information content (AvgIpc) is 2.17. The number of nitrogens with two attached hydrogens (primary N) is 1. The van der Waals surface area contributed by atoms with E-state index in [4.69, 9.17) is 17.4 Å². The molecule has 0 aromatic heterocycles. The van der Waals surface area contributed by atoms with Gasteiger partial charge in [-0.25, -0.2) is 0 Å². The van der Waals surface area contributed by atoms with Crippen LogP contribution >= 0.6 is 11.6 Å². The van der Waals surface area contributed by atoms with Gasteiger partial charge < -0.3 is 0 Å². The summed E-state index contributed by atoms with van der Waals surface area (Å²) in [5.41, 5.74) is 3.85. The first-order chi connectivity index (χ1) is 6.26. The van der Waals surface area contributed by atoms with Gasteiger partial charge in [-0.1, -0.05) is 29.8 Å². The van der Waals surface area contributed by atoms with E-state index in [-0.39, 0.29) is 6.04 Å². The fourth-order valence-corrected chi connectivity index (χ4v) is 1.21. The number of hydrazine groups is 1. The maximum atomic E-state index is 5.76. The number of halogens is 1. The molecule has 0 amide bonds. The highest BCUT2D eigenvalue weighted by Gasteiger charge is 2.01. The predicted octanol–water partition coefficient (Wildman–Crippen LogP) is 1.90. The first kappa shape index (κ1) is 10.3. The van der Waals surface area contributed by atoms with Crippen LogP contribution in [0.3, 0.4) is 0 Å². The van der Waals surface area contributed by atoms with E-state index >= 15 is 0 Å². The number of benzene rings is 1. The SMILES string of the molecule is C=CC(Cc1ccc(Cl)cc1)NN. The van der Waals surface area contributed by atoms with E-state index in [9.17, 15) is 0 Å². The second-order valence-electron chi connectivity index (χ2n) is 2.84. The fraction of sp³-hybridized carbons (Fsp3) is 0.200. The molecule has 1 aromatic rings. The molecule has 0 spiro atoms. The van der Waals surface area contributed by atoms with E-state index in [1.807, 2.05) is 24.3 Å². The van der Waals surface area contributed by atoms with Crippen LogP contribution in [-0.2, 0) is 6.42 Å². The molecule has 13 heavy (non-hydrogen) atoms. The Morgan fingerprint density at radius 2 is 2.08 bits per heavy atom. The summed E-state index contributed by atoms with van der Waals surface area (Å²) in [5.74, 6) is 5.31. The van der Waals surface area contributed by atoms with E-state index < -0.39 is 0 Å². The second kappa shape index (κ2) is 5.02. The Kier molecular flexibility index (Phi) is 3.96. The van der Waals surface area contributed by atoms with Gasteiger partial charge in [-0.3, -0.25) is 11.3 Å². The van der Waals surface area contributed by atoms with Gasteiger partial charge >= 0.3 is 0 Å². The molecule has 1 unspecified atom stereocenters. The topological polar surface area (TPSA) is 38.0 Å². The Labute approximate surface area is 83.4 Å². The molecule has 0 fully saturated rings. The second-order valence-corrected chi connectivity index (χ2v) is 3.28. The lowest BCUT2D eigenvalue weighted by molar-refractivity contribution is 0.618. The normalized spacial score (nSPS) is 12.5. The molecule has 70 valence electrons. The largest absolute Gasteiger partial charge is 0.271 e. The van der Waals surface area contributed by atoms with Crippen molar-refractivity contribution in [1.82, 2.24) is 5.43 Å². The van der Waals surface area contributed by atoms with E-state index in [1.54, 1.807) is 6.08 Å². The first-order valence-corrected chi connectivity index (χ1v) is 4.47. The number of hydrogen-bond donors (Lipinski definition) is 2. The molecule has 1 aromatic carbocycles. The van der Waals surface area contributed by atoms with Crippen molar-refractivity contribution in [1.29, 1.82) is 0 Å². The van der Waals surface area contributed by atoms with Crippen LogP contribution in [-0.4, -0.2) is 6.04 Å². The van der Waals surface area contributed by atoms with Gasteiger partial charge in [0.15, 0.2) is 0 Å². The van der Waals surface area contributed by atoms with Crippen molar-refractivity contribution in [3.63, 3.8) is 0 Å². The van der Waals surface area contributed by atoms with Crippen molar-refractivity contribution in [2.24, 2.45) is 5.84 Å². The summed E-state index contributed by atoms with van der Waals surface area (Å²) in [4.78, 5) is 0. The lowest BCUT2D eigenvalue weighted by Crippen LogP contribution is -2.34. The number of rotatable bonds is 4. The van der Waals surface area contributed by atoms with Gasteiger partial charge in [-0.15, -0.1) is 6.58 Å². The summed E-state index contributed by atoms with van der Waals surface area (Å²) >= 11 is 5.76. The highest BCUT2D eigenvalue weighted by molar-refractivity contribution is 6.30. The molecule has 0 aliphatic heterocycles. The third kappa shape index (κ3) is 3.19. The van der Waals surface area contributed by atoms with Crippen molar-refractivity contribution in [2.45, 2.75) is 12.5 Å². The zero-order chi connectivity index (χ0) is 9.68. The lowest BCUT2D eigenvalue weighted by atomic mass is 10.1. The Hall–Kier alpha value is -0.830. The van der Waals surface area contributed by atoms with Crippen LogP contribution in [0.5, 0.6) is 0 Å². The van der Waals surface area contributed by atoms with Gasteiger partial charge in [0, 0.05) is 11.1 Å². The van der Waals surface area contributed by atoms with Crippen LogP contribution in [0.4, 0.5) is 0 Å². The van der Waals surface area contributed by atoms with Gasteiger partial charge in [-0.05, 0) is 24.1 Å². The van der Waals surface area contributed by atoms with Crippen molar-refractivity contribution in [3.05, 3.63) is 47.5 Å². The Morgan fingerprint density at radius 1 is 1.46 bits per heavy atom. The summed E-state index contributed by atoms with van der Waals surface area (Å²) in [6.45, 7) is 3.68. The van der Waals surface area contributed by atoms with Crippen molar-refractivity contribution in [3.8, 4) is 0 Å². The molecule has 0 bridgehead atoms. The Bertz CT molecular complexity index is 269. The van der Waals surface area contributed by atoms with Gasteiger partial charge in [0.05, 0.1) is 0 Å². The number of hydrogen-bond acceptors (Lipinski definition) is 2. The average molecular weight is 197 g/mol. The Morgan fingerprint density at radius 3 is 2.54 bits per heavy atom. The van der Waals surface area contributed by atoms with Gasteiger partial charge in [0.2, 0.25) is 0 Å². The van der Waals surface area contributed by atoms with Gasteiger partial charge in [0.25, 0.3) is 0 Å². The van der Waals surface area contributed by atoms with Crippen LogP contribution in [0.25, 0.3) is 0 Å². The minimum atomic E-state index is 0.112. The molecule has 3 N–H and O–H groups in total. The van der Waals surface area contributed by atoms with E-state index in [0.717, 1.165) is 11.4 Å². The van der Waals surface area contributed by atoms with Crippen LogP contribution in [0.1, 0.15) is 5.56 Å². The quantitative estimate of drug-likeness (QED) is 0.439. The molecule has 0 aliphatic carbocycles. The van der Waals surface area contributed by atoms with Crippen molar-refractivity contribution in [2.75, 3.05) is 0 Å². The zero-order valence-corrected chi connectivity index (χ0v) is 8.09. The van der Waals surface area contributed by atoms with E-state index in [0.29, 0.717) is 0 Å². The van der Waals surface area contributed by atoms with Crippen molar-refractivity contribution < 1.29 is 0 Å². The van der Waals surface area contributed by atoms with Crippen LogP contribution in [0, 0.1) is 0 Å². The maximum Gasteiger partial charge on any atom is 0.0428 e. The summed E-state index contributed by atoms with van der Waals surface area (Å²) < 4.78 is 0. The molecule has 1 rings (SSSR count). The molecule has 0 aliphatic rings. The highest BCUT2D eigenvalue weighted by Crippen LogP contribution is 2.10. The molecule has 0 heterocycles. The molecule has 0 saturated carbocycles. The summed E-state index contributed by atoms with van der Waals surface area (Å²) in [5, 5.41) is 0.750. The molecule has 1 atom stereocenters. The molecular formula is C10H13ClN2. The van der Waals surface area contributed by atoms with Crippen LogP contribution in [0.15, 0.2) is 36.9 Å². The van der Waals surface area contributed by atoms with E-state index in [1.165, 1.54) is 5.56 Å². The third-order valence-electron chi connectivity index (χ3n) is 1.87. The van der Waals surface area contributed by atoms with Crippen molar-refractivity contribution >= 4 is 11.6 Å². The lowest BCUT2D eigenvalue weighted by Gasteiger charge is -2.10. The third-order valence-corrected chi connectivity index (χ3v) is 2.12. The van der Waals surface area contributed by atoms with E-state index in [2.05, 4.69) is 12.0 Å². The zero-order valence-electron chi connectivity index (χ0n) is 7.33. The maximum absolute atomic E-state index is 5.76.